The molecule has 196 valence electrons. The Morgan fingerprint density at radius 1 is 1.19 bits per heavy atom. The van der Waals surface area contributed by atoms with Gasteiger partial charge in [-0.3, -0.25) is 14.4 Å². The lowest BCUT2D eigenvalue weighted by Crippen LogP contribution is -2.49. The van der Waals surface area contributed by atoms with Crippen molar-refractivity contribution in [3.63, 3.8) is 0 Å². The van der Waals surface area contributed by atoms with Crippen LogP contribution in [0.4, 0.5) is 24.7 Å². The number of hydrogen-bond donors (Lipinski definition) is 2. The van der Waals surface area contributed by atoms with Crippen molar-refractivity contribution in [1.29, 1.82) is 5.26 Å². The molecule has 9 nitrogen and oxygen atoms in total. The Morgan fingerprint density at radius 2 is 1.92 bits per heavy atom. The summed E-state index contributed by atoms with van der Waals surface area (Å²) < 4.78 is 49.3. The fourth-order valence-corrected chi connectivity index (χ4v) is 5.13. The largest absolute Gasteiger partial charge is 0.408 e. The van der Waals surface area contributed by atoms with Crippen LogP contribution in [-0.2, 0) is 4.74 Å². The molecule has 2 aliphatic heterocycles. The van der Waals surface area contributed by atoms with Crippen LogP contribution in [0.1, 0.15) is 24.1 Å². The molecule has 2 N–H and O–H groups in total. The number of fused-ring (bicyclic) bond motifs is 1. The van der Waals surface area contributed by atoms with Gasteiger partial charge >= 0.3 is 6.18 Å². The number of halogens is 3. The average Bonchev–Trinajstić information content (AvgIpc) is 3.25. The van der Waals surface area contributed by atoms with E-state index in [-0.39, 0.29) is 28.9 Å². The first kappa shape index (κ1) is 25.3. The molecule has 1 aromatic carbocycles. The van der Waals surface area contributed by atoms with Crippen LogP contribution < -0.4 is 10.9 Å². The minimum absolute atomic E-state index is 0.159. The summed E-state index contributed by atoms with van der Waals surface area (Å²) in [5.41, 5.74) is 0.841. The van der Waals surface area contributed by atoms with Gasteiger partial charge in [0.1, 0.15) is 11.4 Å². The van der Waals surface area contributed by atoms with Crippen LogP contribution in [0.2, 0.25) is 0 Å². The summed E-state index contributed by atoms with van der Waals surface area (Å²) in [6, 6.07) is 8.01. The molecule has 2 aromatic heterocycles. The van der Waals surface area contributed by atoms with Crippen molar-refractivity contribution < 1.29 is 17.9 Å². The Labute approximate surface area is 211 Å². The number of ether oxygens (including phenoxy) is 1. The van der Waals surface area contributed by atoms with Crippen LogP contribution in [0, 0.1) is 17.2 Å². The van der Waals surface area contributed by atoms with E-state index in [0.717, 1.165) is 0 Å². The second-order valence-electron chi connectivity index (χ2n) is 9.56. The van der Waals surface area contributed by atoms with Gasteiger partial charge in [-0.25, -0.2) is 0 Å². The number of nitrogens with one attached hydrogen (secondary N) is 2. The number of aromatic nitrogens is 3. The number of aromatic amines is 1. The summed E-state index contributed by atoms with van der Waals surface area (Å²) in [6.07, 6.45) is -2.34. The number of H-pyrrole nitrogens is 1. The van der Waals surface area contributed by atoms with Crippen molar-refractivity contribution in [2.24, 2.45) is 5.92 Å². The molecule has 37 heavy (non-hydrogen) atoms. The summed E-state index contributed by atoms with van der Waals surface area (Å²) in [5.74, 6) is -0.0598. The number of rotatable bonds is 5. The van der Waals surface area contributed by atoms with E-state index in [9.17, 15) is 23.2 Å². The Hall–Kier alpha value is -3.40. The van der Waals surface area contributed by atoms with E-state index < -0.39 is 12.2 Å². The Bertz CT molecular complexity index is 1340. The number of hydrogen-bond acceptors (Lipinski definition) is 7. The highest BCUT2D eigenvalue weighted by Gasteiger charge is 2.45. The molecule has 2 aliphatic rings. The van der Waals surface area contributed by atoms with Crippen molar-refractivity contribution in [2.75, 3.05) is 51.8 Å². The number of pyridine rings is 1. The van der Waals surface area contributed by atoms with E-state index in [1.807, 2.05) is 11.9 Å². The second kappa shape index (κ2) is 10.2. The van der Waals surface area contributed by atoms with Gasteiger partial charge in [0.05, 0.1) is 30.2 Å². The lowest BCUT2D eigenvalue weighted by atomic mass is 9.96. The van der Waals surface area contributed by atoms with E-state index in [2.05, 4.69) is 21.5 Å². The summed E-state index contributed by atoms with van der Waals surface area (Å²) >= 11 is 0. The highest BCUT2D eigenvalue weighted by atomic mass is 19.4. The molecule has 3 atom stereocenters. The van der Waals surface area contributed by atoms with Crippen LogP contribution in [0.15, 0.2) is 41.3 Å². The minimum Gasteiger partial charge on any atom is -0.379 e. The van der Waals surface area contributed by atoms with E-state index >= 15 is 0 Å². The van der Waals surface area contributed by atoms with Gasteiger partial charge in [-0.05, 0) is 37.2 Å². The number of alkyl halides is 3. The summed E-state index contributed by atoms with van der Waals surface area (Å²) in [4.78, 5) is 18.8. The first-order valence-electron chi connectivity index (χ1n) is 12.2. The van der Waals surface area contributed by atoms with E-state index in [1.54, 1.807) is 22.9 Å². The molecule has 2 saturated heterocycles. The quantitative estimate of drug-likeness (QED) is 0.537. The third-order valence-corrected chi connectivity index (χ3v) is 7.14. The van der Waals surface area contributed by atoms with Crippen molar-refractivity contribution in [3.05, 3.63) is 52.4 Å². The van der Waals surface area contributed by atoms with Gasteiger partial charge < -0.3 is 19.9 Å². The third-order valence-electron chi connectivity index (χ3n) is 7.14. The standard InChI is InChI=1S/C25H28F3N7O2/c1-33-9-11-34(12-10-33)22(25(26,27)28)16-2-4-18(5-3-16)31-23-21-19(6-8-30-24(21)36)35(32-23)20-15-37-13-7-17(20)14-29/h2-6,8,17,20,22H,7,9-13,15H2,1H3,(H,30,36)(H,31,32)/t17-,20+,22+/m1/s1. The maximum Gasteiger partial charge on any atom is 0.408 e. The van der Waals surface area contributed by atoms with Gasteiger partial charge in [0.2, 0.25) is 0 Å². The van der Waals surface area contributed by atoms with Crippen molar-refractivity contribution in [2.45, 2.75) is 24.7 Å². The van der Waals surface area contributed by atoms with Gasteiger partial charge in [-0.1, -0.05) is 12.1 Å². The summed E-state index contributed by atoms with van der Waals surface area (Å²) in [6.45, 7) is 2.60. The number of piperazine rings is 1. The Morgan fingerprint density at radius 3 is 2.59 bits per heavy atom. The molecule has 3 aromatic rings. The van der Waals surface area contributed by atoms with Crippen LogP contribution >= 0.6 is 0 Å². The smallest absolute Gasteiger partial charge is 0.379 e. The van der Waals surface area contributed by atoms with Gasteiger partial charge in [0, 0.05) is 44.7 Å². The normalized spacial score (nSPS) is 22.6. The Kier molecular flexibility index (Phi) is 6.94. The van der Waals surface area contributed by atoms with Crippen molar-refractivity contribution in [3.8, 4) is 6.07 Å². The number of nitriles is 1. The molecule has 2 fully saturated rings. The first-order chi connectivity index (χ1) is 17.8. The van der Waals surface area contributed by atoms with Crippen molar-refractivity contribution in [1.82, 2.24) is 24.6 Å². The third kappa shape index (κ3) is 5.07. The fourth-order valence-electron chi connectivity index (χ4n) is 5.13. The highest BCUT2D eigenvalue weighted by Crippen LogP contribution is 2.39. The van der Waals surface area contributed by atoms with Gasteiger partial charge in [0.25, 0.3) is 5.56 Å². The van der Waals surface area contributed by atoms with Crippen molar-refractivity contribution >= 4 is 22.4 Å². The Balaban J connectivity index is 1.44. The van der Waals surface area contributed by atoms with Gasteiger partial charge in [-0.15, -0.1) is 0 Å². The molecular formula is C25H28F3N7O2. The van der Waals surface area contributed by atoms with Crippen LogP contribution in [-0.4, -0.2) is 77.2 Å². The number of benzene rings is 1. The molecule has 12 heteroatoms. The molecule has 0 aliphatic carbocycles. The first-order valence-corrected chi connectivity index (χ1v) is 12.2. The average molecular weight is 516 g/mol. The fraction of sp³-hybridized carbons (Fsp3) is 0.480. The molecular weight excluding hydrogens is 487 g/mol. The lowest BCUT2D eigenvalue weighted by Gasteiger charge is -2.38. The zero-order chi connectivity index (χ0) is 26.2. The zero-order valence-corrected chi connectivity index (χ0v) is 20.3. The molecule has 0 spiro atoms. The topological polar surface area (TPSA) is 102 Å². The maximum atomic E-state index is 14.0. The van der Waals surface area contributed by atoms with E-state index in [0.29, 0.717) is 62.4 Å². The maximum absolute atomic E-state index is 14.0. The highest BCUT2D eigenvalue weighted by molar-refractivity contribution is 5.91. The number of nitrogens with zero attached hydrogens (tertiary/aromatic N) is 5. The summed E-state index contributed by atoms with van der Waals surface area (Å²) in [7, 11) is 1.90. The van der Waals surface area contributed by atoms with E-state index in [4.69, 9.17) is 4.74 Å². The zero-order valence-electron chi connectivity index (χ0n) is 20.3. The second-order valence-corrected chi connectivity index (χ2v) is 9.56. The lowest BCUT2D eigenvalue weighted by molar-refractivity contribution is -0.190. The van der Waals surface area contributed by atoms with Gasteiger partial charge in [-0.2, -0.15) is 23.5 Å². The molecule has 0 amide bonds. The predicted molar refractivity (Wildman–Crippen MR) is 132 cm³/mol. The molecule has 0 saturated carbocycles. The molecule has 0 bridgehead atoms. The molecule has 0 radical (unpaired) electrons. The van der Waals surface area contributed by atoms with Crippen LogP contribution in [0.3, 0.4) is 0 Å². The van der Waals surface area contributed by atoms with Gasteiger partial charge in [0.15, 0.2) is 5.82 Å². The van der Waals surface area contributed by atoms with Crippen LogP contribution in [0.5, 0.6) is 0 Å². The number of likely N-dealkylation sites (N-methyl/N-ethyl adjacent to an activating group) is 1. The molecule has 5 rings (SSSR count). The van der Waals surface area contributed by atoms with E-state index in [1.165, 1.54) is 23.2 Å². The number of anilines is 2. The predicted octanol–water partition coefficient (Wildman–Crippen LogP) is 3.42. The summed E-state index contributed by atoms with van der Waals surface area (Å²) in [5, 5.41) is 17.6. The van der Waals surface area contributed by atoms with Crippen LogP contribution in [0.25, 0.3) is 10.9 Å². The minimum atomic E-state index is -4.41. The SMILES string of the molecule is CN1CCN([C@@H](c2ccc(Nc3nn([C@H]4COCC[C@@H]4C#N)c4cc[nH]c(=O)c34)cc2)C(F)(F)F)CC1. The molecule has 0 unspecified atom stereocenters. The molecule has 4 heterocycles. The monoisotopic (exact) mass is 515 g/mol.